The summed E-state index contributed by atoms with van der Waals surface area (Å²) < 4.78 is 6.29. The molecule has 0 spiro atoms. The highest BCUT2D eigenvalue weighted by atomic mass is 35.5. The zero-order valence-corrected chi connectivity index (χ0v) is 12.9. The van der Waals surface area contributed by atoms with Gasteiger partial charge in [0, 0.05) is 11.1 Å². The van der Waals surface area contributed by atoms with E-state index in [2.05, 4.69) is 43.4 Å². The van der Waals surface area contributed by atoms with Gasteiger partial charge in [0.25, 0.3) is 0 Å². The molecule has 4 rings (SSSR count). The second-order valence-corrected chi connectivity index (χ2v) is 7.04. The van der Waals surface area contributed by atoms with E-state index in [9.17, 15) is 0 Å². The molecule has 2 unspecified atom stereocenters. The van der Waals surface area contributed by atoms with E-state index in [0.29, 0.717) is 11.1 Å². The molecule has 1 N–H and O–H groups in total. The molecule has 1 aliphatic carbocycles. The Bertz CT molecular complexity index is 710. The molecule has 2 aromatic rings. The molecule has 0 fully saturated rings. The van der Waals surface area contributed by atoms with Crippen molar-refractivity contribution >= 4 is 17.3 Å². The van der Waals surface area contributed by atoms with Crippen LogP contribution < -0.4 is 10.1 Å². The molecule has 2 aliphatic rings. The molecule has 0 saturated carbocycles. The lowest BCUT2D eigenvalue weighted by Gasteiger charge is -2.45. The number of fused-ring (bicyclic) bond motifs is 4. The van der Waals surface area contributed by atoms with Crippen LogP contribution in [0.4, 0.5) is 5.69 Å². The summed E-state index contributed by atoms with van der Waals surface area (Å²) in [4.78, 5) is 0. The van der Waals surface area contributed by atoms with Crippen LogP contribution in [0.15, 0.2) is 42.5 Å². The van der Waals surface area contributed by atoms with E-state index in [1.165, 1.54) is 11.1 Å². The van der Waals surface area contributed by atoms with Gasteiger partial charge in [-0.2, -0.15) is 0 Å². The molecule has 0 saturated heterocycles. The van der Waals surface area contributed by atoms with Gasteiger partial charge in [0.1, 0.15) is 11.9 Å². The molecule has 0 radical (unpaired) electrons. The maximum atomic E-state index is 6.29. The van der Waals surface area contributed by atoms with Crippen molar-refractivity contribution in [2.24, 2.45) is 0 Å². The molecule has 108 valence electrons. The Balaban J connectivity index is 1.82. The molecule has 1 aliphatic heterocycles. The first-order chi connectivity index (χ1) is 10.0. The fourth-order valence-electron chi connectivity index (χ4n) is 3.67. The summed E-state index contributed by atoms with van der Waals surface area (Å²) in [6, 6.07) is 14.7. The SMILES string of the molecule is CC1(C)CC2Nc3ccc(Cl)cc3OC2c2ccccc21. The van der Waals surface area contributed by atoms with Gasteiger partial charge in [0.05, 0.1) is 11.7 Å². The number of anilines is 1. The fourth-order valence-corrected chi connectivity index (χ4v) is 3.83. The van der Waals surface area contributed by atoms with Crippen LogP contribution in [-0.2, 0) is 5.41 Å². The van der Waals surface area contributed by atoms with Gasteiger partial charge < -0.3 is 10.1 Å². The first-order valence-corrected chi connectivity index (χ1v) is 7.74. The van der Waals surface area contributed by atoms with Crippen LogP contribution in [0.1, 0.15) is 37.5 Å². The lowest BCUT2D eigenvalue weighted by Crippen LogP contribution is -2.44. The van der Waals surface area contributed by atoms with E-state index in [1.807, 2.05) is 18.2 Å². The minimum atomic E-state index is 0.0557. The van der Waals surface area contributed by atoms with E-state index < -0.39 is 0 Å². The molecule has 2 atom stereocenters. The molecular weight excluding hydrogens is 282 g/mol. The summed E-state index contributed by atoms with van der Waals surface area (Å²) in [6.45, 7) is 4.61. The minimum Gasteiger partial charge on any atom is -0.481 e. The Morgan fingerprint density at radius 1 is 1.19 bits per heavy atom. The zero-order chi connectivity index (χ0) is 14.6. The number of hydrogen-bond donors (Lipinski definition) is 1. The van der Waals surface area contributed by atoms with Crippen molar-refractivity contribution in [2.75, 3.05) is 5.32 Å². The Hall–Kier alpha value is -1.67. The zero-order valence-electron chi connectivity index (χ0n) is 12.2. The molecule has 1 heterocycles. The Morgan fingerprint density at radius 2 is 2.00 bits per heavy atom. The van der Waals surface area contributed by atoms with Crippen molar-refractivity contribution < 1.29 is 4.74 Å². The van der Waals surface area contributed by atoms with Crippen molar-refractivity contribution in [1.29, 1.82) is 0 Å². The summed E-state index contributed by atoms with van der Waals surface area (Å²) in [5, 5.41) is 4.35. The van der Waals surface area contributed by atoms with Crippen molar-refractivity contribution in [2.45, 2.75) is 37.8 Å². The van der Waals surface area contributed by atoms with E-state index in [0.717, 1.165) is 17.9 Å². The van der Waals surface area contributed by atoms with Gasteiger partial charge >= 0.3 is 0 Å². The number of hydrogen-bond acceptors (Lipinski definition) is 2. The first kappa shape index (κ1) is 13.0. The quantitative estimate of drug-likeness (QED) is 0.744. The van der Waals surface area contributed by atoms with E-state index >= 15 is 0 Å². The topological polar surface area (TPSA) is 21.3 Å². The number of rotatable bonds is 0. The smallest absolute Gasteiger partial charge is 0.144 e. The third-order valence-corrected chi connectivity index (χ3v) is 4.87. The van der Waals surface area contributed by atoms with Crippen molar-refractivity contribution in [3.63, 3.8) is 0 Å². The lowest BCUT2D eigenvalue weighted by atomic mass is 9.69. The summed E-state index contributed by atoms with van der Waals surface area (Å²) in [5.41, 5.74) is 3.86. The molecule has 0 amide bonds. The number of ether oxygens (including phenoxy) is 1. The average Bonchev–Trinajstić information content (AvgIpc) is 2.46. The third-order valence-electron chi connectivity index (χ3n) is 4.63. The summed E-state index contributed by atoms with van der Waals surface area (Å²) >= 11 is 6.09. The van der Waals surface area contributed by atoms with Crippen LogP contribution in [0, 0.1) is 0 Å². The summed E-state index contributed by atoms with van der Waals surface area (Å²) in [5.74, 6) is 0.846. The lowest BCUT2D eigenvalue weighted by molar-refractivity contribution is 0.138. The maximum absolute atomic E-state index is 6.29. The van der Waals surface area contributed by atoms with Crippen molar-refractivity contribution in [3.05, 3.63) is 58.6 Å². The van der Waals surface area contributed by atoms with E-state index in [-0.39, 0.29) is 11.5 Å². The molecule has 2 nitrogen and oxygen atoms in total. The third kappa shape index (κ3) is 2.01. The average molecular weight is 300 g/mol. The minimum absolute atomic E-state index is 0.0557. The maximum Gasteiger partial charge on any atom is 0.144 e. The molecular formula is C18H18ClNO. The van der Waals surface area contributed by atoms with Crippen LogP contribution in [-0.4, -0.2) is 6.04 Å². The highest BCUT2D eigenvalue weighted by Gasteiger charge is 2.42. The number of nitrogens with one attached hydrogen (secondary N) is 1. The Morgan fingerprint density at radius 3 is 2.86 bits per heavy atom. The molecule has 0 aromatic heterocycles. The van der Waals surface area contributed by atoms with Crippen molar-refractivity contribution in [1.82, 2.24) is 0 Å². The van der Waals surface area contributed by atoms with Crippen LogP contribution in [0.2, 0.25) is 5.02 Å². The fraction of sp³-hybridized carbons (Fsp3) is 0.333. The van der Waals surface area contributed by atoms with Crippen LogP contribution in [0.3, 0.4) is 0 Å². The first-order valence-electron chi connectivity index (χ1n) is 7.37. The predicted molar refractivity (Wildman–Crippen MR) is 86.3 cm³/mol. The molecule has 2 aromatic carbocycles. The van der Waals surface area contributed by atoms with Gasteiger partial charge in [-0.25, -0.2) is 0 Å². The second-order valence-electron chi connectivity index (χ2n) is 6.61. The molecule has 0 bridgehead atoms. The summed E-state index contributed by atoms with van der Waals surface area (Å²) in [6.07, 6.45) is 1.11. The van der Waals surface area contributed by atoms with Gasteiger partial charge in [-0.1, -0.05) is 49.7 Å². The number of halogens is 1. The van der Waals surface area contributed by atoms with Crippen LogP contribution >= 0.6 is 11.6 Å². The van der Waals surface area contributed by atoms with Crippen LogP contribution in [0.25, 0.3) is 0 Å². The van der Waals surface area contributed by atoms with Gasteiger partial charge in [-0.15, -0.1) is 0 Å². The molecule has 3 heteroatoms. The largest absolute Gasteiger partial charge is 0.481 e. The number of benzene rings is 2. The monoisotopic (exact) mass is 299 g/mol. The predicted octanol–water partition coefficient (Wildman–Crippen LogP) is 4.94. The highest BCUT2D eigenvalue weighted by Crippen LogP contribution is 2.48. The Labute approximate surface area is 130 Å². The van der Waals surface area contributed by atoms with E-state index in [4.69, 9.17) is 16.3 Å². The van der Waals surface area contributed by atoms with Crippen LogP contribution in [0.5, 0.6) is 5.75 Å². The van der Waals surface area contributed by atoms with E-state index in [1.54, 1.807) is 0 Å². The normalized spacial score (nSPS) is 24.9. The standard InChI is InChI=1S/C18H18ClNO/c1-18(2)10-15-17(12-5-3-4-6-13(12)18)21-16-9-11(19)7-8-14(16)20-15/h3-9,15,17,20H,10H2,1-2H3. The van der Waals surface area contributed by atoms with Gasteiger partial charge in [0.2, 0.25) is 0 Å². The van der Waals surface area contributed by atoms with Crippen molar-refractivity contribution in [3.8, 4) is 5.75 Å². The molecule has 21 heavy (non-hydrogen) atoms. The van der Waals surface area contributed by atoms with Gasteiger partial charge in [-0.05, 0) is 35.1 Å². The highest BCUT2D eigenvalue weighted by molar-refractivity contribution is 6.30. The summed E-state index contributed by atoms with van der Waals surface area (Å²) in [7, 11) is 0. The Kier molecular flexibility index (Phi) is 2.74. The van der Waals surface area contributed by atoms with Gasteiger partial charge in [-0.3, -0.25) is 0 Å². The second kappa shape index (κ2) is 4.41. The van der Waals surface area contributed by atoms with Gasteiger partial charge in [0.15, 0.2) is 0 Å².